The van der Waals surface area contributed by atoms with Crippen molar-refractivity contribution in [3.63, 3.8) is 0 Å². The Labute approximate surface area is 146 Å². The van der Waals surface area contributed by atoms with Crippen molar-refractivity contribution in [3.8, 4) is 0 Å². The van der Waals surface area contributed by atoms with Crippen LogP contribution in [0, 0.1) is 6.92 Å². The minimum atomic E-state index is -0.500. The molecule has 0 bridgehead atoms. The number of carbonyl (C=O) groups is 1. The Bertz CT molecular complexity index is 464. The molecule has 1 unspecified atom stereocenters. The standard InChI is InChI=1S/C20H34O4/c1-4-5-9-12-17-15-16(2)20(24-17)18(21)13-10-7-6-8-11-14-19(22)23-3/h15,18,21H,4-14H2,1-3H3. The Morgan fingerprint density at radius 3 is 2.58 bits per heavy atom. The highest BCUT2D eigenvalue weighted by molar-refractivity contribution is 5.68. The van der Waals surface area contributed by atoms with Crippen molar-refractivity contribution in [2.45, 2.75) is 90.6 Å². The molecular formula is C20H34O4. The van der Waals surface area contributed by atoms with Crippen molar-refractivity contribution in [2.24, 2.45) is 0 Å². The van der Waals surface area contributed by atoms with Crippen molar-refractivity contribution in [1.29, 1.82) is 0 Å². The van der Waals surface area contributed by atoms with E-state index in [-0.39, 0.29) is 5.97 Å². The van der Waals surface area contributed by atoms with Gasteiger partial charge >= 0.3 is 5.97 Å². The second-order valence-corrected chi connectivity index (χ2v) is 6.62. The van der Waals surface area contributed by atoms with E-state index in [0.29, 0.717) is 6.42 Å². The highest BCUT2D eigenvalue weighted by Crippen LogP contribution is 2.27. The van der Waals surface area contributed by atoms with Crippen LogP contribution >= 0.6 is 0 Å². The van der Waals surface area contributed by atoms with E-state index >= 15 is 0 Å². The number of hydrogen-bond acceptors (Lipinski definition) is 4. The Hall–Kier alpha value is -1.29. The zero-order valence-corrected chi connectivity index (χ0v) is 15.6. The van der Waals surface area contributed by atoms with E-state index in [4.69, 9.17) is 4.42 Å². The number of esters is 1. The molecule has 0 radical (unpaired) electrons. The predicted octanol–water partition coefficient (Wildman–Crippen LogP) is 5.26. The Morgan fingerprint density at radius 2 is 1.88 bits per heavy atom. The molecule has 0 amide bonds. The van der Waals surface area contributed by atoms with E-state index in [1.807, 2.05) is 6.92 Å². The summed E-state index contributed by atoms with van der Waals surface area (Å²) in [5.41, 5.74) is 1.06. The van der Waals surface area contributed by atoms with Gasteiger partial charge in [0.05, 0.1) is 7.11 Å². The molecule has 0 fully saturated rings. The largest absolute Gasteiger partial charge is 0.469 e. The van der Waals surface area contributed by atoms with Gasteiger partial charge in [-0.05, 0) is 37.8 Å². The normalized spacial score (nSPS) is 12.3. The highest BCUT2D eigenvalue weighted by Gasteiger charge is 2.16. The summed E-state index contributed by atoms with van der Waals surface area (Å²) in [7, 11) is 1.43. The molecule has 1 rings (SSSR count). The van der Waals surface area contributed by atoms with Crippen LogP contribution in [0.2, 0.25) is 0 Å². The smallest absolute Gasteiger partial charge is 0.305 e. The van der Waals surface area contributed by atoms with Crippen molar-refractivity contribution in [1.82, 2.24) is 0 Å². The van der Waals surface area contributed by atoms with Crippen LogP contribution < -0.4 is 0 Å². The molecule has 1 aromatic rings. The average molecular weight is 338 g/mol. The third-order valence-corrected chi connectivity index (χ3v) is 4.42. The summed E-state index contributed by atoms with van der Waals surface area (Å²) >= 11 is 0. The van der Waals surface area contributed by atoms with Gasteiger partial charge in [-0.3, -0.25) is 4.79 Å². The number of furan rings is 1. The lowest BCUT2D eigenvalue weighted by atomic mass is 10.0. The first kappa shape index (κ1) is 20.8. The molecule has 0 aromatic carbocycles. The highest BCUT2D eigenvalue weighted by atomic mass is 16.5. The summed E-state index contributed by atoms with van der Waals surface area (Å²) in [5, 5.41) is 10.3. The Kier molecular flexibility index (Phi) is 10.5. The molecule has 1 aromatic heterocycles. The average Bonchev–Trinajstić information content (AvgIpc) is 2.94. The number of methoxy groups -OCH3 is 1. The predicted molar refractivity (Wildman–Crippen MR) is 96.0 cm³/mol. The van der Waals surface area contributed by atoms with Crippen molar-refractivity contribution in [3.05, 3.63) is 23.2 Å². The number of aliphatic hydroxyl groups excluding tert-OH is 1. The zero-order chi connectivity index (χ0) is 17.8. The summed E-state index contributed by atoms with van der Waals surface area (Å²) in [6.07, 6.45) is 10.3. The molecule has 0 aliphatic carbocycles. The molecule has 1 N–H and O–H groups in total. The lowest BCUT2D eigenvalue weighted by Gasteiger charge is -2.09. The first-order valence-electron chi connectivity index (χ1n) is 9.42. The number of ether oxygens (including phenoxy) is 1. The number of carbonyl (C=O) groups excluding carboxylic acids is 1. The van der Waals surface area contributed by atoms with E-state index in [9.17, 15) is 9.90 Å². The fourth-order valence-electron chi connectivity index (χ4n) is 2.94. The van der Waals surface area contributed by atoms with Gasteiger partial charge in [-0.2, -0.15) is 0 Å². The third kappa shape index (κ3) is 8.00. The minimum Gasteiger partial charge on any atom is -0.469 e. The van der Waals surface area contributed by atoms with Gasteiger partial charge in [0.15, 0.2) is 0 Å². The second kappa shape index (κ2) is 12.1. The topological polar surface area (TPSA) is 59.7 Å². The fraction of sp³-hybridized carbons (Fsp3) is 0.750. The summed E-state index contributed by atoms with van der Waals surface area (Å²) in [5.74, 6) is 1.61. The maximum atomic E-state index is 11.0. The maximum absolute atomic E-state index is 11.0. The van der Waals surface area contributed by atoms with E-state index in [2.05, 4.69) is 17.7 Å². The minimum absolute atomic E-state index is 0.131. The molecule has 0 aliphatic heterocycles. The number of hydrogen-bond donors (Lipinski definition) is 1. The van der Waals surface area contributed by atoms with Gasteiger partial charge in [0.2, 0.25) is 0 Å². The van der Waals surface area contributed by atoms with Crippen LogP contribution in [0.4, 0.5) is 0 Å². The number of unbranched alkanes of at least 4 members (excludes halogenated alkanes) is 6. The number of aryl methyl sites for hydroxylation is 2. The van der Waals surface area contributed by atoms with Gasteiger partial charge in [-0.15, -0.1) is 0 Å². The zero-order valence-electron chi connectivity index (χ0n) is 15.6. The molecule has 0 aliphatic rings. The molecule has 1 atom stereocenters. The first-order chi connectivity index (χ1) is 11.6. The van der Waals surface area contributed by atoms with Crippen LogP contribution in [0.3, 0.4) is 0 Å². The molecule has 0 saturated heterocycles. The third-order valence-electron chi connectivity index (χ3n) is 4.42. The van der Waals surface area contributed by atoms with Gasteiger partial charge in [0.1, 0.15) is 17.6 Å². The van der Waals surface area contributed by atoms with E-state index in [1.54, 1.807) is 0 Å². The van der Waals surface area contributed by atoms with Gasteiger partial charge in [-0.1, -0.05) is 45.4 Å². The summed E-state index contributed by atoms with van der Waals surface area (Å²) in [4.78, 5) is 11.0. The fourth-order valence-corrected chi connectivity index (χ4v) is 2.94. The van der Waals surface area contributed by atoms with Crippen LogP contribution in [0.1, 0.15) is 94.3 Å². The molecule has 138 valence electrons. The van der Waals surface area contributed by atoms with Gasteiger partial charge in [-0.25, -0.2) is 0 Å². The summed E-state index contributed by atoms with van der Waals surface area (Å²) in [6, 6.07) is 2.07. The van der Waals surface area contributed by atoms with Crippen LogP contribution in [-0.4, -0.2) is 18.2 Å². The molecular weight excluding hydrogens is 304 g/mol. The lowest BCUT2D eigenvalue weighted by Crippen LogP contribution is -1.99. The monoisotopic (exact) mass is 338 g/mol. The molecule has 4 heteroatoms. The summed E-state index contributed by atoms with van der Waals surface area (Å²) in [6.45, 7) is 4.20. The molecule has 24 heavy (non-hydrogen) atoms. The SMILES string of the molecule is CCCCCc1cc(C)c(C(O)CCCCCCCC(=O)OC)o1. The summed E-state index contributed by atoms with van der Waals surface area (Å²) < 4.78 is 10.5. The quantitative estimate of drug-likeness (QED) is 0.394. The van der Waals surface area contributed by atoms with Crippen molar-refractivity contribution in [2.75, 3.05) is 7.11 Å². The van der Waals surface area contributed by atoms with E-state index in [0.717, 1.165) is 68.5 Å². The Balaban J connectivity index is 2.20. The van der Waals surface area contributed by atoms with Gasteiger partial charge in [0, 0.05) is 12.8 Å². The van der Waals surface area contributed by atoms with E-state index in [1.165, 1.54) is 20.0 Å². The number of rotatable bonds is 13. The molecule has 1 heterocycles. The first-order valence-corrected chi connectivity index (χ1v) is 9.42. The van der Waals surface area contributed by atoms with Crippen LogP contribution in [0.5, 0.6) is 0 Å². The van der Waals surface area contributed by atoms with Crippen LogP contribution in [0.15, 0.2) is 10.5 Å². The van der Waals surface area contributed by atoms with Crippen molar-refractivity contribution < 1.29 is 19.1 Å². The number of aliphatic hydroxyl groups is 1. The van der Waals surface area contributed by atoms with E-state index < -0.39 is 6.10 Å². The second-order valence-electron chi connectivity index (χ2n) is 6.62. The van der Waals surface area contributed by atoms with Crippen LogP contribution in [-0.2, 0) is 16.0 Å². The van der Waals surface area contributed by atoms with Gasteiger partial charge < -0.3 is 14.3 Å². The molecule has 0 spiro atoms. The maximum Gasteiger partial charge on any atom is 0.305 e. The van der Waals surface area contributed by atoms with Gasteiger partial charge in [0.25, 0.3) is 0 Å². The molecule has 0 saturated carbocycles. The Morgan fingerprint density at radius 1 is 1.17 bits per heavy atom. The lowest BCUT2D eigenvalue weighted by molar-refractivity contribution is -0.140. The van der Waals surface area contributed by atoms with Crippen molar-refractivity contribution >= 4 is 5.97 Å². The molecule has 4 nitrogen and oxygen atoms in total. The van der Waals surface area contributed by atoms with Crippen LogP contribution in [0.25, 0.3) is 0 Å².